The average molecular weight is 540 g/mol. The fourth-order valence-electron chi connectivity index (χ4n) is 3.57. The van der Waals surface area contributed by atoms with E-state index in [1.54, 1.807) is 6.92 Å². The van der Waals surface area contributed by atoms with Gasteiger partial charge in [-0.25, -0.2) is 4.79 Å². The molecule has 0 saturated carbocycles. The number of ether oxygens (including phenoxy) is 2. The molecule has 0 aliphatic rings. The van der Waals surface area contributed by atoms with Crippen LogP contribution in [0.3, 0.4) is 0 Å². The molecule has 2 atom stereocenters. The summed E-state index contributed by atoms with van der Waals surface area (Å²) < 4.78 is 10.4. The lowest BCUT2D eigenvalue weighted by atomic mass is 10.0. The van der Waals surface area contributed by atoms with Crippen molar-refractivity contribution in [3.8, 4) is 0 Å². The van der Waals surface area contributed by atoms with Gasteiger partial charge in [-0.3, -0.25) is 19.2 Å². The molecule has 0 aromatic heterocycles. The van der Waals surface area contributed by atoms with E-state index in [0.717, 1.165) is 11.1 Å². The summed E-state index contributed by atoms with van der Waals surface area (Å²) in [5.41, 5.74) is 1.63. The number of rotatable bonds is 15. The molecule has 0 spiro atoms. The first kappa shape index (κ1) is 31.0. The first-order chi connectivity index (χ1) is 18.7. The van der Waals surface area contributed by atoms with Crippen molar-refractivity contribution >= 4 is 29.7 Å². The molecule has 0 aliphatic carbocycles. The topological polar surface area (TPSA) is 140 Å². The number of carbonyl (C=O) groups is 5. The third kappa shape index (κ3) is 11.8. The van der Waals surface area contributed by atoms with E-state index in [2.05, 4.69) is 16.0 Å². The normalized spacial score (nSPS) is 12.1. The number of carbonyl (C=O) groups excluding carboxylic acids is 5. The molecule has 0 radical (unpaired) electrons. The lowest BCUT2D eigenvalue weighted by Crippen LogP contribution is -2.54. The van der Waals surface area contributed by atoms with E-state index in [9.17, 15) is 24.0 Å². The highest BCUT2D eigenvalue weighted by Crippen LogP contribution is 2.08. The van der Waals surface area contributed by atoms with Gasteiger partial charge in [-0.15, -0.1) is 0 Å². The van der Waals surface area contributed by atoms with E-state index in [-0.39, 0.29) is 38.5 Å². The molecule has 2 rings (SSSR count). The van der Waals surface area contributed by atoms with Crippen LogP contribution < -0.4 is 16.0 Å². The van der Waals surface area contributed by atoms with Crippen LogP contribution in [-0.4, -0.2) is 48.3 Å². The van der Waals surface area contributed by atoms with Crippen LogP contribution in [0.15, 0.2) is 60.7 Å². The van der Waals surface area contributed by atoms with Crippen LogP contribution >= 0.6 is 0 Å². The van der Waals surface area contributed by atoms with Crippen LogP contribution in [0.25, 0.3) is 0 Å². The van der Waals surface area contributed by atoms with Crippen LogP contribution in [0.2, 0.25) is 0 Å². The third-order valence-electron chi connectivity index (χ3n) is 5.65. The molecular weight excluding hydrogens is 502 g/mol. The maximum Gasteiger partial charge on any atom is 0.408 e. The highest BCUT2D eigenvalue weighted by molar-refractivity contribution is 6.38. The average Bonchev–Trinajstić information content (AvgIpc) is 2.93. The first-order valence-electron chi connectivity index (χ1n) is 13.0. The Hall–Kier alpha value is -4.21. The second-order valence-electron chi connectivity index (χ2n) is 9.37. The Bertz CT molecular complexity index is 1090. The van der Waals surface area contributed by atoms with E-state index in [1.165, 1.54) is 0 Å². The number of ketones is 1. The molecule has 10 heteroatoms. The van der Waals surface area contributed by atoms with Crippen molar-refractivity contribution in [1.29, 1.82) is 0 Å². The van der Waals surface area contributed by atoms with Crippen molar-refractivity contribution in [2.24, 2.45) is 5.92 Å². The molecule has 0 saturated heterocycles. The van der Waals surface area contributed by atoms with E-state index in [1.807, 2.05) is 74.5 Å². The largest absolute Gasteiger partial charge is 0.461 e. The summed E-state index contributed by atoms with van der Waals surface area (Å²) >= 11 is 0. The van der Waals surface area contributed by atoms with Crippen LogP contribution in [0.5, 0.6) is 0 Å². The van der Waals surface area contributed by atoms with Crippen molar-refractivity contribution in [2.45, 2.75) is 65.3 Å². The van der Waals surface area contributed by atoms with Gasteiger partial charge in [-0.05, 0) is 29.9 Å². The quantitative estimate of drug-likeness (QED) is 0.233. The number of nitrogens with one attached hydrogen (secondary N) is 3. The van der Waals surface area contributed by atoms with Gasteiger partial charge in [-0.1, -0.05) is 81.4 Å². The van der Waals surface area contributed by atoms with Crippen LogP contribution in [-0.2, 0) is 41.9 Å². The predicted octanol–water partition coefficient (Wildman–Crippen LogP) is 3.04. The highest BCUT2D eigenvalue weighted by atomic mass is 16.5. The Morgan fingerprint density at radius 1 is 0.769 bits per heavy atom. The van der Waals surface area contributed by atoms with E-state index in [0.29, 0.717) is 6.42 Å². The second-order valence-corrected chi connectivity index (χ2v) is 9.37. The lowest BCUT2D eigenvalue weighted by Gasteiger charge is -2.23. The van der Waals surface area contributed by atoms with Gasteiger partial charge in [0.05, 0.1) is 12.5 Å². The Morgan fingerprint density at radius 2 is 1.33 bits per heavy atom. The number of alkyl carbamates (subject to hydrolysis) is 1. The van der Waals surface area contributed by atoms with Crippen LogP contribution in [0.4, 0.5) is 4.79 Å². The molecule has 0 bridgehead atoms. The summed E-state index contributed by atoms with van der Waals surface area (Å²) in [4.78, 5) is 62.2. The van der Waals surface area contributed by atoms with E-state index >= 15 is 0 Å². The molecule has 3 N–H and O–H groups in total. The summed E-state index contributed by atoms with van der Waals surface area (Å²) in [6.45, 7) is 5.49. The van der Waals surface area contributed by atoms with Crippen molar-refractivity contribution in [3.63, 3.8) is 0 Å². The molecule has 39 heavy (non-hydrogen) atoms. The molecule has 2 aromatic carbocycles. The SMILES string of the molecule is CC[C@H](NC(=O)[C@H](CC(C)C)NC(=O)OCc1ccccc1)C(=O)C(=O)NCCC(=O)OCc1ccccc1. The number of Topliss-reactive ketones (excluding diaryl/α,β-unsaturated/α-hetero) is 1. The molecular formula is C29H37N3O7. The summed E-state index contributed by atoms with van der Waals surface area (Å²) in [6.07, 6.45) is -0.422. The minimum absolute atomic E-state index is 0.0404. The van der Waals surface area contributed by atoms with Crippen LogP contribution in [0, 0.1) is 5.92 Å². The molecule has 10 nitrogen and oxygen atoms in total. The summed E-state index contributed by atoms with van der Waals surface area (Å²) in [7, 11) is 0. The first-order valence-corrected chi connectivity index (χ1v) is 13.0. The maximum atomic E-state index is 13.0. The zero-order chi connectivity index (χ0) is 28.6. The number of esters is 1. The van der Waals surface area contributed by atoms with Gasteiger partial charge >= 0.3 is 12.1 Å². The summed E-state index contributed by atoms with van der Waals surface area (Å²) in [6, 6.07) is 16.2. The lowest BCUT2D eigenvalue weighted by molar-refractivity contribution is -0.145. The third-order valence-corrected chi connectivity index (χ3v) is 5.65. The van der Waals surface area contributed by atoms with Gasteiger partial charge in [0.25, 0.3) is 5.91 Å². The second kappa shape index (κ2) is 16.6. The molecule has 0 fully saturated rings. The number of amides is 3. The Balaban J connectivity index is 1.82. The Labute approximate surface area is 228 Å². The van der Waals surface area contributed by atoms with E-state index in [4.69, 9.17) is 9.47 Å². The molecule has 0 unspecified atom stereocenters. The minimum atomic E-state index is -1.10. The minimum Gasteiger partial charge on any atom is -0.461 e. The fraction of sp³-hybridized carbons (Fsp3) is 0.414. The maximum absolute atomic E-state index is 13.0. The predicted molar refractivity (Wildman–Crippen MR) is 144 cm³/mol. The molecule has 210 valence electrons. The van der Waals surface area contributed by atoms with Crippen molar-refractivity contribution in [1.82, 2.24) is 16.0 Å². The Kier molecular flexibility index (Phi) is 13.2. The summed E-state index contributed by atoms with van der Waals surface area (Å²) in [5, 5.41) is 7.50. The monoisotopic (exact) mass is 539 g/mol. The van der Waals surface area contributed by atoms with Gasteiger partial charge in [0.2, 0.25) is 11.7 Å². The molecule has 3 amide bonds. The highest BCUT2D eigenvalue weighted by Gasteiger charge is 2.29. The van der Waals surface area contributed by atoms with Gasteiger partial charge in [0, 0.05) is 6.54 Å². The van der Waals surface area contributed by atoms with Gasteiger partial charge in [-0.2, -0.15) is 0 Å². The molecule has 0 aliphatic heterocycles. The number of hydrogen-bond donors (Lipinski definition) is 3. The molecule has 2 aromatic rings. The Morgan fingerprint density at radius 3 is 1.87 bits per heavy atom. The van der Waals surface area contributed by atoms with Gasteiger partial charge in [0.1, 0.15) is 19.3 Å². The smallest absolute Gasteiger partial charge is 0.408 e. The summed E-state index contributed by atoms with van der Waals surface area (Å²) in [5.74, 6) is -2.84. The van der Waals surface area contributed by atoms with Gasteiger partial charge < -0.3 is 25.4 Å². The van der Waals surface area contributed by atoms with Crippen molar-refractivity contribution in [2.75, 3.05) is 6.54 Å². The number of hydrogen-bond acceptors (Lipinski definition) is 7. The fourth-order valence-corrected chi connectivity index (χ4v) is 3.57. The zero-order valence-corrected chi connectivity index (χ0v) is 22.6. The van der Waals surface area contributed by atoms with Crippen LogP contribution in [0.1, 0.15) is 51.2 Å². The van der Waals surface area contributed by atoms with E-state index < -0.39 is 41.7 Å². The molecule has 0 heterocycles. The standard InChI is InChI=1S/C29H37N3O7/c1-4-23(26(34)28(36)30-16-15-25(33)38-18-21-11-7-5-8-12-21)31-27(35)24(17-20(2)3)32-29(37)39-19-22-13-9-6-10-14-22/h5-14,20,23-24H,4,15-19H2,1-3H3,(H,30,36)(H,31,35)(H,32,37)/t23-,24-/m0/s1. The van der Waals surface area contributed by atoms with Crippen molar-refractivity contribution < 1.29 is 33.4 Å². The number of benzene rings is 2. The van der Waals surface area contributed by atoms with Crippen molar-refractivity contribution in [3.05, 3.63) is 71.8 Å². The zero-order valence-electron chi connectivity index (χ0n) is 22.6. The van der Waals surface area contributed by atoms with Gasteiger partial charge in [0.15, 0.2) is 0 Å².